The number of carboxylic acids is 1. The van der Waals surface area contributed by atoms with E-state index in [-0.39, 0.29) is 25.4 Å². The van der Waals surface area contributed by atoms with Gasteiger partial charge in [-0.15, -0.1) is 12.4 Å². The summed E-state index contributed by atoms with van der Waals surface area (Å²) >= 11 is 0. The maximum Gasteiger partial charge on any atom is 0.345 e. The highest BCUT2D eigenvalue weighted by Crippen LogP contribution is 2.06. The Kier molecular flexibility index (Phi) is 6.93. The largest absolute Gasteiger partial charge is 0.478 e. The van der Waals surface area contributed by atoms with Crippen LogP contribution in [0.1, 0.15) is 5.56 Å². The quantitative estimate of drug-likeness (QED) is 0.756. The van der Waals surface area contributed by atoms with Gasteiger partial charge in [-0.05, 0) is 5.56 Å². The average molecular weight is 260 g/mol. The highest BCUT2D eigenvalue weighted by molar-refractivity contribution is 5.85. The molecule has 1 atom stereocenters. The first-order chi connectivity index (χ1) is 7.63. The van der Waals surface area contributed by atoms with Gasteiger partial charge in [0, 0.05) is 6.42 Å². The van der Waals surface area contributed by atoms with Crippen molar-refractivity contribution in [1.82, 2.24) is 0 Å². The number of hydrogen-bond acceptors (Lipinski definition) is 4. The number of carbonyl (C=O) groups excluding carboxylic acids is 1. The maximum absolute atomic E-state index is 10.9. The number of aliphatic carboxylic acids is 1. The normalized spacial score (nSPS) is 11.1. The minimum absolute atomic E-state index is 0. The van der Waals surface area contributed by atoms with Gasteiger partial charge < -0.3 is 15.6 Å². The van der Waals surface area contributed by atoms with E-state index >= 15 is 0 Å². The van der Waals surface area contributed by atoms with Crippen molar-refractivity contribution in [2.75, 3.05) is 6.54 Å². The van der Waals surface area contributed by atoms with Gasteiger partial charge in [-0.2, -0.15) is 0 Å². The van der Waals surface area contributed by atoms with Gasteiger partial charge >= 0.3 is 11.9 Å². The zero-order valence-corrected chi connectivity index (χ0v) is 9.85. The molecule has 0 aliphatic rings. The first kappa shape index (κ1) is 15.4. The van der Waals surface area contributed by atoms with Crippen LogP contribution in [0.5, 0.6) is 0 Å². The maximum atomic E-state index is 10.9. The van der Waals surface area contributed by atoms with Crippen LogP contribution in [0, 0.1) is 0 Å². The summed E-state index contributed by atoms with van der Waals surface area (Å²) in [5.74, 6) is -1.89. The van der Waals surface area contributed by atoms with Gasteiger partial charge in [0.05, 0.1) is 6.54 Å². The predicted octanol–water partition coefficient (Wildman–Crippen LogP) is 0.606. The average Bonchev–Trinajstić information content (AvgIpc) is 2.29. The van der Waals surface area contributed by atoms with Gasteiger partial charge in [0.15, 0.2) is 0 Å². The van der Waals surface area contributed by atoms with Crippen LogP contribution in [0.15, 0.2) is 30.3 Å². The van der Waals surface area contributed by atoms with E-state index in [1.165, 1.54) is 0 Å². The Bertz CT molecular complexity index is 369. The van der Waals surface area contributed by atoms with Crippen LogP contribution < -0.4 is 5.73 Å². The molecule has 0 unspecified atom stereocenters. The molecule has 1 rings (SSSR count). The Hall–Kier alpha value is -1.59. The zero-order valence-electron chi connectivity index (χ0n) is 9.04. The molecule has 0 aliphatic carbocycles. The van der Waals surface area contributed by atoms with E-state index in [1.54, 1.807) is 24.3 Å². The summed E-state index contributed by atoms with van der Waals surface area (Å²) in [6.07, 6.45) is -1.04. The van der Waals surface area contributed by atoms with Crippen molar-refractivity contribution in [2.45, 2.75) is 12.5 Å². The molecule has 0 aliphatic heterocycles. The van der Waals surface area contributed by atoms with Crippen molar-refractivity contribution < 1.29 is 19.4 Å². The third kappa shape index (κ3) is 5.33. The van der Waals surface area contributed by atoms with E-state index in [9.17, 15) is 9.59 Å². The van der Waals surface area contributed by atoms with Crippen molar-refractivity contribution in [1.29, 1.82) is 0 Å². The first-order valence-corrected chi connectivity index (χ1v) is 4.79. The summed E-state index contributed by atoms with van der Waals surface area (Å²) in [5.41, 5.74) is 5.84. The van der Waals surface area contributed by atoms with Gasteiger partial charge in [-0.1, -0.05) is 30.3 Å². The topological polar surface area (TPSA) is 89.6 Å². The van der Waals surface area contributed by atoms with Crippen molar-refractivity contribution in [3.05, 3.63) is 35.9 Å². The Morgan fingerprint density at radius 2 is 1.88 bits per heavy atom. The van der Waals surface area contributed by atoms with Crippen LogP contribution in [0.3, 0.4) is 0 Å². The predicted molar refractivity (Wildman–Crippen MR) is 64.0 cm³/mol. The van der Waals surface area contributed by atoms with Crippen molar-refractivity contribution in [3.63, 3.8) is 0 Å². The van der Waals surface area contributed by atoms with E-state index in [1.807, 2.05) is 6.07 Å². The van der Waals surface area contributed by atoms with E-state index < -0.39 is 18.0 Å². The molecule has 1 aromatic carbocycles. The molecule has 17 heavy (non-hydrogen) atoms. The molecule has 0 saturated heterocycles. The van der Waals surface area contributed by atoms with Crippen LogP contribution >= 0.6 is 12.4 Å². The molecule has 3 N–H and O–H groups in total. The molecule has 0 bridgehead atoms. The molecule has 94 valence electrons. The lowest BCUT2D eigenvalue weighted by molar-refractivity contribution is -0.162. The summed E-state index contributed by atoms with van der Waals surface area (Å²) in [6.45, 7) is -0.321. The Labute approximate surface area is 105 Å². The van der Waals surface area contributed by atoms with Gasteiger partial charge in [-0.25, -0.2) is 4.79 Å². The van der Waals surface area contributed by atoms with E-state index in [4.69, 9.17) is 15.6 Å². The third-order valence-corrected chi connectivity index (χ3v) is 1.98. The first-order valence-electron chi connectivity index (χ1n) is 4.79. The summed E-state index contributed by atoms with van der Waals surface area (Å²) in [7, 11) is 0. The van der Waals surface area contributed by atoms with E-state index in [0.29, 0.717) is 0 Å². The number of carboxylic acid groups (broad SMARTS) is 1. The van der Waals surface area contributed by atoms with Gasteiger partial charge in [0.2, 0.25) is 6.10 Å². The molecule has 0 heterocycles. The number of benzene rings is 1. The Balaban J connectivity index is 0.00000256. The lowest BCUT2D eigenvalue weighted by Gasteiger charge is -2.12. The second kappa shape index (κ2) is 7.65. The number of carbonyl (C=O) groups is 2. The molecule has 0 spiro atoms. The summed E-state index contributed by atoms with van der Waals surface area (Å²) in [4.78, 5) is 21.7. The molecule has 1 aromatic rings. The van der Waals surface area contributed by atoms with Crippen molar-refractivity contribution in [3.8, 4) is 0 Å². The molecule has 5 nitrogen and oxygen atoms in total. The smallest absolute Gasteiger partial charge is 0.345 e. The monoisotopic (exact) mass is 259 g/mol. The number of ether oxygens (including phenoxy) is 1. The van der Waals surface area contributed by atoms with Crippen molar-refractivity contribution in [2.24, 2.45) is 5.73 Å². The van der Waals surface area contributed by atoms with Crippen LogP contribution in [0.25, 0.3) is 0 Å². The summed E-state index contributed by atoms with van der Waals surface area (Å²) < 4.78 is 4.70. The van der Waals surface area contributed by atoms with Crippen LogP contribution in [0.4, 0.5) is 0 Å². The van der Waals surface area contributed by atoms with Crippen LogP contribution in [0.2, 0.25) is 0 Å². The minimum Gasteiger partial charge on any atom is -0.478 e. The molecular weight excluding hydrogens is 246 g/mol. The number of esters is 1. The second-order valence-electron chi connectivity index (χ2n) is 3.21. The number of nitrogens with two attached hydrogens (primary N) is 1. The zero-order chi connectivity index (χ0) is 12.0. The molecular formula is C11H14ClNO4. The lowest BCUT2D eigenvalue weighted by atomic mass is 10.1. The highest BCUT2D eigenvalue weighted by Gasteiger charge is 2.21. The SMILES string of the molecule is Cl.NCC(=O)O[C@@H](Cc1ccccc1)C(=O)O. The lowest BCUT2D eigenvalue weighted by Crippen LogP contribution is -2.31. The number of rotatable bonds is 5. The van der Waals surface area contributed by atoms with Crippen molar-refractivity contribution >= 4 is 24.3 Å². The molecule has 0 radical (unpaired) electrons. The van der Waals surface area contributed by atoms with Crippen LogP contribution in [-0.2, 0) is 20.7 Å². The fourth-order valence-corrected chi connectivity index (χ4v) is 1.21. The fraction of sp³-hybridized carbons (Fsp3) is 0.273. The molecule has 0 saturated carbocycles. The fourth-order valence-electron chi connectivity index (χ4n) is 1.21. The third-order valence-electron chi connectivity index (χ3n) is 1.98. The highest BCUT2D eigenvalue weighted by atomic mass is 35.5. The molecule has 0 aromatic heterocycles. The molecule has 0 amide bonds. The number of hydrogen-bond donors (Lipinski definition) is 2. The van der Waals surface area contributed by atoms with E-state index in [2.05, 4.69) is 0 Å². The van der Waals surface area contributed by atoms with Gasteiger partial charge in [0.25, 0.3) is 0 Å². The van der Waals surface area contributed by atoms with Gasteiger partial charge in [-0.3, -0.25) is 4.79 Å². The standard InChI is InChI=1S/C11H13NO4.ClH/c12-7-10(13)16-9(11(14)15)6-8-4-2-1-3-5-8;/h1-5,9H,6-7,12H2,(H,14,15);1H/t9-;/m0./s1. The molecule has 0 fully saturated rings. The summed E-state index contributed by atoms with van der Waals surface area (Å²) in [6, 6.07) is 8.95. The summed E-state index contributed by atoms with van der Waals surface area (Å²) in [5, 5.41) is 8.86. The number of halogens is 1. The Morgan fingerprint density at radius 1 is 1.29 bits per heavy atom. The minimum atomic E-state index is -1.18. The molecule has 6 heteroatoms. The van der Waals surface area contributed by atoms with E-state index in [0.717, 1.165) is 5.56 Å². The van der Waals surface area contributed by atoms with Crippen LogP contribution in [-0.4, -0.2) is 29.7 Å². The Morgan fingerprint density at radius 3 is 2.35 bits per heavy atom. The second-order valence-corrected chi connectivity index (χ2v) is 3.21. The van der Waals surface area contributed by atoms with Gasteiger partial charge in [0.1, 0.15) is 0 Å².